The van der Waals surface area contributed by atoms with E-state index in [1.165, 1.54) is 13.0 Å². The second-order valence-corrected chi connectivity index (χ2v) is 3.05. The van der Waals surface area contributed by atoms with Crippen LogP contribution in [0.3, 0.4) is 0 Å². The van der Waals surface area contributed by atoms with Crippen molar-refractivity contribution < 1.29 is 18.8 Å². The Bertz CT molecular complexity index is 445. The van der Waals surface area contributed by atoms with Crippen LogP contribution in [0.2, 0.25) is 0 Å². The average Bonchev–Trinajstić information content (AvgIpc) is 2.17. The van der Waals surface area contributed by atoms with Crippen LogP contribution >= 0.6 is 0 Å². The van der Waals surface area contributed by atoms with Crippen LogP contribution in [-0.4, -0.2) is 17.5 Å². The van der Waals surface area contributed by atoms with Crippen molar-refractivity contribution in [1.82, 2.24) is 0 Å². The van der Waals surface area contributed by atoms with E-state index in [1.807, 2.05) is 0 Å². The number of ether oxygens (including phenoxy) is 1. The van der Waals surface area contributed by atoms with Crippen LogP contribution in [0.4, 0.5) is 10.1 Å². The lowest BCUT2D eigenvalue weighted by atomic mass is 10.1. The van der Waals surface area contributed by atoms with Crippen molar-refractivity contribution in [2.24, 2.45) is 0 Å². The SMILES string of the molecule is CCOC(=O)c1ccc(F)c([N+](=O)[O-])c1C. The van der Waals surface area contributed by atoms with Gasteiger partial charge in [0, 0.05) is 5.56 Å². The van der Waals surface area contributed by atoms with E-state index in [2.05, 4.69) is 0 Å². The predicted molar refractivity (Wildman–Crippen MR) is 53.7 cm³/mol. The molecule has 1 rings (SSSR count). The molecule has 1 aromatic rings. The minimum absolute atomic E-state index is 0.00921. The van der Waals surface area contributed by atoms with Gasteiger partial charge in [-0.15, -0.1) is 0 Å². The molecular weight excluding hydrogens is 217 g/mol. The van der Waals surface area contributed by atoms with Crippen molar-refractivity contribution in [3.63, 3.8) is 0 Å². The Labute approximate surface area is 91.0 Å². The molecule has 5 nitrogen and oxygen atoms in total. The molecule has 0 aliphatic carbocycles. The number of hydrogen-bond acceptors (Lipinski definition) is 4. The molecule has 0 fully saturated rings. The lowest BCUT2D eigenvalue weighted by Crippen LogP contribution is -2.09. The summed E-state index contributed by atoms with van der Waals surface area (Å²) in [5, 5.41) is 10.6. The summed E-state index contributed by atoms with van der Waals surface area (Å²) in [6, 6.07) is 2.06. The molecule has 0 aliphatic heterocycles. The average molecular weight is 227 g/mol. The van der Waals surface area contributed by atoms with Gasteiger partial charge < -0.3 is 4.74 Å². The lowest BCUT2D eigenvalue weighted by Gasteiger charge is -2.05. The highest BCUT2D eigenvalue weighted by molar-refractivity contribution is 5.92. The Morgan fingerprint density at radius 1 is 1.56 bits per heavy atom. The Kier molecular flexibility index (Phi) is 3.55. The second-order valence-electron chi connectivity index (χ2n) is 3.05. The van der Waals surface area contributed by atoms with Crippen LogP contribution in [0, 0.1) is 22.9 Å². The summed E-state index contributed by atoms with van der Waals surface area (Å²) < 4.78 is 17.8. The summed E-state index contributed by atoms with van der Waals surface area (Å²) in [5.74, 6) is -1.65. The summed E-state index contributed by atoms with van der Waals surface area (Å²) >= 11 is 0. The van der Waals surface area contributed by atoms with Crippen LogP contribution in [0.25, 0.3) is 0 Å². The van der Waals surface area contributed by atoms with Crippen LogP contribution in [0.1, 0.15) is 22.8 Å². The largest absolute Gasteiger partial charge is 0.462 e. The number of nitro benzene ring substituents is 1. The molecular formula is C10H10FNO4. The number of halogens is 1. The Balaban J connectivity index is 3.29. The zero-order valence-corrected chi connectivity index (χ0v) is 8.82. The zero-order valence-electron chi connectivity index (χ0n) is 8.82. The van der Waals surface area contributed by atoms with E-state index in [9.17, 15) is 19.3 Å². The lowest BCUT2D eigenvalue weighted by molar-refractivity contribution is -0.388. The highest BCUT2D eigenvalue weighted by Crippen LogP contribution is 2.25. The summed E-state index contributed by atoms with van der Waals surface area (Å²) in [4.78, 5) is 21.1. The van der Waals surface area contributed by atoms with Gasteiger partial charge in [0.15, 0.2) is 0 Å². The predicted octanol–water partition coefficient (Wildman–Crippen LogP) is 2.22. The second kappa shape index (κ2) is 4.69. The fourth-order valence-electron chi connectivity index (χ4n) is 1.32. The van der Waals surface area contributed by atoms with E-state index in [-0.39, 0.29) is 17.7 Å². The Morgan fingerprint density at radius 2 is 2.19 bits per heavy atom. The van der Waals surface area contributed by atoms with Crippen LogP contribution in [0.15, 0.2) is 12.1 Å². The van der Waals surface area contributed by atoms with Gasteiger partial charge in [0.1, 0.15) is 0 Å². The first-order chi connectivity index (χ1) is 7.49. The van der Waals surface area contributed by atoms with Crippen LogP contribution in [-0.2, 0) is 4.74 Å². The van der Waals surface area contributed by atoms with Gasteiger partial charge in [-0.3, -0.25) is 10.1 Å². The highest BCUT2D eigenvalue weighted by atomic mass is 19.1. The van der Waals surface area contributed by atoms with Gasteiger partial charge in [-0.05, 0) is 26.0 Å². The minimum atomic E-state index is -0.962. The number of rotatable bonds is 3. The molecule has 1 aromatic carbocycles. The molecule has 16 heavy (non-hydrogen) atoms. The van der Waals surface area contributed by atoms with E-state index in [0.29, 0.717) is 0 Å². The minimum Gasteiger partial charge on any atom is -0.462 e. The monoisotopic (exact) mass is 227 g/mol. The van der Waals surface area contributed by atoms with Crippen LogP contribution in [0.5, 0.6) is 0 Å². The third-order valence-corrected chi connectivity index (χ3v) is 2.06. The van der Waals surface area contributed by atoms with Crippen LogP contribution < -0.4 is 0 Å². The van der Waals surface area contributed by atoms with Gasteiger partial charge in [-0.2, -0.15) is 4.39 Å². The molecule has 0 unspecified atom stereocenters. The van der Waals surface area contributed by atoms with Crippen molar-refractivity contribution in [3.05, 3.63) is 39.2 Å². The van der Waals surface area contributed by atoms with E-state index < -0.39 is 22.4 Å². The van der Waals surface area contributed by atoms with Gasteiger partial charge >= 0.3 is 11.7 Å². The first-order valence-electron chi connectivity index (χ1n) is 4.59. The van der Waals surface area contributed by atoms with Gasteiger partial charge in [-0.25, -0.2) is 4.79 Å². The fourth-order valence-corrected chi connectivity index (χ4v) is 1.32. The number of carbonyl (C=O) groups excluding carboxylic acids is 1. The first-order valence-corrected chi connectivity index (χ1v) is 4.59. The molecule has 0 aromatic heterocycles. The van der Waals surface area contributed by atoms with Gasteiger partial charge in [0.25, 0.3) is 0 Å². The van der Waals surface area contributed by atoms with Crippen molar-refractivity contribution in [2.45, 2.75) is 13.8 Å². The van der Waals surface area contributed by atoms with E-state index in [0.717, 1.165) is 6.07 Å². The van der Waals surface area contributed by atoms with Crippen molar-refractivity contribution in [3.8, 4) is 0 Å². The molecule has 0 N–H and O–H groups in total. The van der Waals surface area contributed by atoms with Gasteiger partial charge in [0.2, 0.25) is 5.82 Å². The third kappa shape index (κ3) is 2.16. The standard InChI is InChI=1S/C10H10FNO4/c1-3-16-10(13)7-4-5-8(11)9(6(7)2)12(14)15/h4-5H,3H2,1-2H3. The van der Waals surface area contributed by atoms with Crippen molar-refractivity contribution >= 4 is 11.7 Å². The third-order valence-electron chi connectivity index (χ3n) is 2.06. The van der Waals surface area contributed by atoms with Crippen molar-refractivity contribution in [2.75, 3.05) is 6.61 Å². The molecule has 0 radical (unpaired) electrons. The Morgan fingerprint density at radius 3 is 2.69 bits per heavy atom. The molecule has 6 heteroatoms. The number of carbonyl (C=O) groups is 1. The fraction of sp³-hybridized carbons (Fsp3) is 0.300. The molecule has 0 saturated heterocycles. The smallest absolute Gasteiger partial charge is 0.338 e. The summed E-state index contributed by atoms with van der Waals surface area (Å²) in [6.45, 7) is 3.09. The van der Waals surface area contributed by atoms with Crippen molar-refractivity contribution in [1.29, 1.82) is 0 Å². The molecule has 86 valence electrons. The summed E-state index contributed by atoms with van der Waals surface area (Å²) in [7, 11) is 0. The molecule has 0 spiro atoms. The molecule has 0 amide bonds. The summed E-state index contributed by atoms with van der Waals surface area (Å²) in [6.07, 6.45) is 0. The number of esters is 1. The number of hydrogen-bond donors (Lipinski definition) is 0. The summed E-state index contributed by atoms with van der Waals surface area (Å²) in [5.41, 5.74) is -0.705. The van der Waals surface area contributed by atoms with Gasteiger partial charge in [0.05, 0.1) is 17.1 Å². The van der Waals surface area contributed by atoms with E-state index >= 15 is 0 Å². The molecule has 0 heterocycles. The molecule has 0 aliphatic rings. The van der Waals surface area contributed by atoms with E-state index in [1.54, 1.807) is 6.92 Å². The van der Waals surface area contributed by atoms with Gasteiger partial charge in [-0.1, -0.05) is 0 Å². The normalized spacial score (nSPS) is 9.94. The highest BCUT2D eigenvalue weighted by Gasteiger charge is 2.23. The topological polar surface area (TPSA) is 69.4 Å². The number of nitro groups is 1. The van der Waals surface area contributed by atoms with E-state index in [4.69, 9.17) is 4.74 Å². The Hall–Kier alpha value is -1.98. The molecule has 0 saturated carbocycles. The first kappa shape index (κ1) is 12.1. The number of nitrogens with zero attached hydrogens (tertiary/aromatic N) is 1. The molecule has 0 bridgehead atoms. The maximum Gasteiger partial charge on any atom is 0.338 e. The molecule has 0 atom stereocenters. The quantitative estimate of drug-likeness (QED) is 0.451. The maximum absolute atomic E-state index is 13.1. The number of benzene rings is 1. The zero-order chi connectivity index (χ0) is 12.3. The maximum atomic E-state index is 13.1.